The average molecular weight is 286 g/mol. The fraction of sp³-hybridized carbons (Fsp3) is 0.308. The molecule has 4 nitrogen and oxygen atoms in total. The first-order valence-electron chi connectivity index (χ1n) is 5.72. The van der Waals surface area contributed by atoms with E-state index in [1.807, 2.05) is 0 Å². The number of halogens is 3. The molecule has 0 unspecified atom stereocenters. The number of methoxy groups -OCH3 is 2. The molecule has 20 heavy (non-hydrogen) atoms. The van der Waals surface area contributed by atoms with E-state index in [1.54, 1.807) is 13.1 Å². The van der Waals surface area contributed by atoms with E-state index in [1.165, 1.54) is 20.3 Å². The highest BCUT2D eigenvalue weighted by Gasteiger charge is 2.33. The van der Waals surface area contributed by atoms with Gasteiger partial charge in [-0.2, -0.15) is 13.2 Å². The number of aromatic nitrogens is 1. The largest absolute Gasteiger partial charge is 0.497 e. The van der Waals surface area contributed by atoms with Gasteiger partial charge in [0.15, 0.2) is 0 Å². The van der Waals surface area contributed by atoms with Crippen molar-refractivity contribution in [2.24, 2.45) is 0 Å². The third-order valence-electron chi connectivity index (χ3n) is 2.86. The molecule has 7 heteroatoms. The quantitative estimate of drug-likeness (QED) is 0.940. The number of nitrogens with one attached hydrogen (secondary N) is 1. The number of rotatable bonds is 3. The molecule has 2 aromatic rings. The van der Waals surface area contributed by atoms with Gasteiger partial charge in [0.05, 0.1) is 25.1 Å². The summed E-state index contributed by atoms with van der Waals surface area (Å²) in [5.41, 5.74) is -0.521. The molecule has 0 aliphatic rings. The van der Waals surface area contributed by atoms with Crippen molar-refractivity contribution < 1.29 is 22.6 Å². The molecule has 1 N–H and O–H groups in total. The van der Waals surface area contributed by atoms with Gasteiger partial charge in [0.1, 0.15) is 17.2 Å². The van der Waals surface area contributed by atoms with E-state index >= 15 is 0 Å². The number of anilines is 1. The van der Waals surface area contributed by atoms with Gasteiger partial charge in [0, 0.05) is 24.9 Å². The number of fused-ring (bicyclic) bond motifs is 1. The Morgan fingerprint density at radius 1 is 1.10 bits per heavy atom. The number of hydrogen-bond donors (Lipinski definition) is 1. The molecule has 0 spiro atoms. The maximum Gasteiger partial charge on any atom is 0.433 e. The van der Waals surface area contributed by atoms with E-state index in [0.29, 0.717) is 22.6 Å². The molecular formula is C13H13F3N2O2. The molecule has 0 saturated carbocycles. The molecule has 108 valence electrons. The lowest BCUT2D eigenvalue weighted by Gasteiger charge is -2.15. The minimum absolute atomic E-state index is 0.153. The summed E-state index contributed by atoms with van der Waals surface area (Å²) in [6.07, 6.45) is -4.52. The van der Waals surface area contributed by atoms with Gasteiger partial charge in [-0.3, -0.25) is 0 Å². The van der Waals surface area contributed by atoms with E-state index in [-0.39, 0.29) is 5.52 Å². The van der Waals surface area contributed by atoms with Gasteiger partial charge in [0.2, 0.25) is 0 Å². The van der Waals surface area contributed by atoms with Crippen LogP contribution in [0.25, 0.3) is 10.9 Å². The highest BCUT2D eigenvalue weighted by atomic mass is 19.4. The summed E-state index contributed by atoms with van der Waals surface area (Å²) in [6.45, 7) is 0. The van der Waals surface area contributed by atoms with Crippen molar-refractivity contribution in [1.82, 2.24) is 4.98 Å². The molecule has 2 rings (SSSR count). The summed E-state index contributed by atoms with van der Waals surface area (Å²) in [5, 5.41) is 3.21. The van der Waals surface area contributed by atoms with Crippen LogP contribution in [-0.4, -0.2) is 26.3 Å². The predicted molar refractivity (Wildman–Crippen MR) is 69.4 cm³/mol. The Morgan fingerprint density at radius 3 is 2.30 bits per heavy atom. The van der Waals surface area contributed by atoms with Gasteiger partial charge >= 0.3 is 6.18 Å². The Bertz CT molecular complexity index is 642. The minimum atomic E-state index is -4.52. The van der Waals surface area contributed by atoms with Crippen LogP contribution in [0.15, 0.2) is 18.2 Å². The smallest absolute Gasteiger partial charge is 0.433 e. The summed E-state index contributed by atoms with van der Waals surface area (Å²) in [4.78, 5) is 3.65. The fourth-order valence-corrected chi connectivity index (χ4v) is 1.93. The average Bonchev–Trinajstić information content (AvgIpc) is 2.43. The van der Waals surface area contributed by atoms with E-state index in [0.717, 1.165) is 6.07 Å². The van der Waals surface area contributed by atoms with Gasteiger partial charge in [-0.1, -0.05) is 0 Å². The normalized spacial score (nSPS) is 11.5. The Hall–Kier alpha value is -2.18. The third-order valence-corrected chi connectivity index (χ3v) is 2.86. The van der Waals surface area contributed by atoms with Gasteiger partial charge in [0.25, 0.3) is 0 Å². The van der Waals surface area contributed by atoms with E-state index < -0.39 is 11.9 Å². The zero-order valence-corrected chi connectivity index (χ0v) is 11.1. The van der Waals surface area contributed by atoms with Crippen LogP contribution in [0.3, 0.4) is 0 Å². The lowest BCUT2D eigenvalue weighted by molar-refractivity contribution is -0.140. The van der Waals surface area contributed by atoms with Gasteiger partial charge < -0.3 is 14.8 Å². The lowest BCUT2D eigenvalue weighted by Crippen LogP contribution is -2.09. The Kier molecular flexibility index (Phi) is 3.61. The molecule has 0 saturated heterocycles. The van der Waals surface area contributed by atoms with Crippen molar-refractivity contribution in [3.8, 4) is 11.5 Å². The van der Waals surface area contributed by atoms with Crippen LogP contribution in [0, 0.1) is 0 Å². The number of alkyl halides is 3. The molecule has 0 radical (unpaired) electrons. The van der Waals surface area contributed by atoms with E-state index in [4.69, 9.17) is 9.47 Å². The molecule has 0 atom stereocenters. The van der Waals surface area contributed by atoms with Crippen LogP contribution < -0.4 is 14.8 Å². The summed E-state index contributed by atoms with van der Waals surface area (Å²) in [7, 11) is 4.40. The van der Waals surface area contributed by atoms with Crippen LogP contribution >= 0.6 is 0 Å². The van der Waals surface area contributed by atoms with Crippen LogP contribution in [0.1, 0.15) is 5.69 Å². The second-order valence-electron chi connectivity index (χ2n) is 4.03. The van der Waals surface area contributed by atoms with Crippen LogP contribution in [0.2, 0.25) is 0 Å². The number of pyridine rings is 1. The first-order valence-corrected chi connectivity index (χ1v) is 5.72. The van der Waals surface area contributed by atoms with Crippen molar-refractivity contribution in [1.29, 1.82) is 0 Å². The second-order valence-corrected chi connectivity index (χ2v) is 4.03. The van der Waals surface area contributed by atoms with Crippen molar-refractivity contribution >= 4 is 16.6 Å². The Labute approximate surface area is 113 Å². The number of hydrogen-bond acceptors (Lipinski definition) is 4. The van der Waals surface area contributed by atoms with E-state index in [9.17, 15) is 13.2 Å². The van der Waals surface area contributed by atoms with Crippen molar-refractivity contribution in [3.63, 3.8) is 0 Å². The summed E-state index contributed by atoms with van der Waals surface area (Å²) >= 11 is 0. The zero-order valence-electron chi connectivity index (χ0n) is 11.1. The standard InChI is InChI=1S/C13H13F3N2O2/c1-17-8-6-11(13(14,15)16)18-9-4-7(19-2)5-10(20-3)12(8)9/h4-6H,1-3H3,(H,17,18). The fourth-order valence-electron chi connectivity index (χ4n) is 1.93. The third kappa shape index (κ3) is 2.43. The maximum atomic E-state index is 12.8. The van der Waals surface area contributed by atoms with Gasteiger partial charge in [-0.05, 0) is 6.07 Å². The van der Waals surface area contributed by atoms with E-state index in [2.05, 4.69) is 10.3 Å². The van der Waals surface area contributed by atoms with Crippen molar-refractivity contribution in [2.45, 2.75) is 6.18 Å². The van der Waals surface area contributed by atoms with Gasteiger partial charge in [-0.25, -0.2) is 4.98 Å². The SMILES string of the molecule is CNc1cc(C(F)(F)F)nc2cc(OC)cc(OC)c12. The molecular weight excluding hydrogens is 273 g/mol. The molecule has 0 aliphatic carbocycles. The molecule has 0 fully saturated rings. The highest BCUT2D eigenvalue weighted by Crippen LogP contribution is 2.38. The number of nitrogens with zero attached hydrogens (tertiary/aromatic N) is 1. The first kappa shape index (κ1) is 14.2. The minimum Gasteiger partial charge on any atom is -0.497 e. The summed E-state index contributed by atoms with van der Waals surface area (Å²) < 4.78 is 48.8. The van der Waals surface area contributed by atoms with Crippen LogP contribution in [-0.2, 0) is 6.18 Å². The summed E-state index contributed by atoms with van der Waals surface area (Å²) in [5.74, 6) is 0.771. The van der Waals surface area contributed by atoms with Crippen LogP contribution in [0.4, 0.5) is 18.9 Å². The Morgan fingerprint density at radius 2 is 1.80 bits per heavy atom. The summed E-state index contributed by atoms with van der Waals surface area (Å²) in [6, 6.07) is 3.99. The van der Waals surface area contributed by atoms with Crippen molar-refractivity contribution in [2.75, 3.05) is 26.6 Å². The van der Waals surface area contributed by atoms with Crippen molar-refractivity contribution in [3.05, 3.63) is 23.9 Å². The lowest BCUT2D eigenvalue weighted by atomic mass is 10.1. The number of benzene rings is 1. The Balaban J connectivity index is 2.83. The topological polar surface area (TPSA) is 43.4 Å². The molecule has 0 aliphatic heterocycles. The highest BCUT2D eigenvalue weighted by molar-refractivity contribution is 5.97. The van der Waals surface area contributed by atoms with Gasteiger partial charge in [-0.15, -0.1) is 0 Å². The maximum absolute atomic E-state index is 12.8. The molecule has 0 amide bonds. The molecule has 0 bridgehead atoms. The number of ether oxygens (including phenoxy) is 2. The molecule has 1 aromatic heterocycles. The zero-order chi connectivity index (χ0) is 14.9. The predicted octanol–water partition coefficient (Wildman–Crippen LogP) is 3.31. The monoisotopic (exact) mass is 286 g/mol. The second kappa shape index (κ2) is 5.07. The molecule has 1 aromatic carbocycles. The first-order chi connectivity index (χ1) is 9.40. The molecule has 1 heterocycles. The van der Waals surface area contributed by atoms with Crippen LogP contribution in [0.5, 0.6) is 11.5 Å².